The molecule has 1 aliphatic rings. The van der Waals surface area contributed by atoms with Crippen molar-refractivity contribution in [1.29, 1.82) is 0 Å². The van der Waals surface area contributed by atoms with Crippen LogP contribution in [0, 0.1) is 0 Å². The molecule has 3 nitrogen and oxygen atoms in total. The average molecular weight is 311 g/mol. The van der Waals surface area contributed by atoms with Crippen LogP contribution in [0.1, 0.15) is 48.9 Å². The zero-order valence-electron chi connectivity index (χ0n) is 14.3. The third kappa shape index (κ3) is 3.00. The SMILES string of the molecule is CCC(C)c1ccc2c(c1)CC(c1ccc(OC)c(OC)c1)N2. The third-order valence-electron chi connectivity index (χ3n) is 4.87. The molecule has 0 fully saturated rings. The van der Waals surface area contributed by atoms with Crippen molar-refractivity contribution in [3.63, 3.8) is 0 Å². The zero-order chi connectivity index (χ0) is 16.4. The topological polar surface area (TPSA) is 30.5 Å². The summed E-state index contributed by atoms with van der Waals surface area (Å²) in [5, 5.41) is 3.63. The fourth-order valence-corrected chi connectivity index (χ4v) is 3.19. The lowest BCUT2D eigenvalue weighted by atomic mass is 9.95. The van der Waals surface area contributed by atoms with E-state index in [0.717, 1.165) is 17.9 Å². The predicted octanol–water partition coefficient (Wildman–Crippen LogP) is 4.93. The average Bonchev–Trinajstić information content (AvgIpc) is 3.03. The molecule has 0 spiro atoms. The number of anilines is 1. The fraction of sp³-hybridized carbons (Fsp3) is 0.400. The largest absolute Gasteiger partial charge is 0.493 e. The fourth-order valence-electron chi connectivity index (χ4n) is 3.19. The molecule has 3 heteroatoms. The Kier molecular flexibility index (Phi) is 4.46. The molecule has 2 aromatic carbocycles. The summed E-state index contributed by atoms with van der Waals surface area (Å²) in [6, 6.07) is 13.3. The molecule has 2 atom stereocenters. The van der Waals surface area contributed by atoms with Gasteiger partial charge in [-0.15, -0.1) is 0 Å². The van der Waals surface area contributed by atoms with Gasteiger partial charge in [-0.05, 0) is 53.6 Å². The van der Waals surface area contributed by atoms with Crippen molar-refractivity contribution >= 4 is 5.69 Å². The quantitative estimate of drug-likeness (QED) is 0.849. The molecule has 0 radical (unpaired) electrons. The van der Waals surface area contributed by atoms with Crippen LogP contribution in [0.3, 0.4) is 0 Å². The Morgan fingerprint density at radius 3 is 2.57 bits per heavy atom. The molecule has 0 aromatic heterocycles. The lowest BCUT2D eigenvalue weighted by Crippen LogP contribution is -2.06. The Morgan fingerprint density at radius 1 is 1.09 bits per heavy atom. The summed E-state index contributed by atoms with van der Waals surface area (Å²) in [5.74, 6) is 2.16. The first-order valence-corrected chi connectivity index (χ1v) is 8.27. The summed E-state index contributed by atoms with van der Waals surface area (Å²) in [5.41, 5.74) is 5.31. The Morgan fingerprint density at radius 2 is 1.87 bits per heavy atom. The molecule has 1 aliphatic heterocycles. The summed E-state index contributed by atoms with van der Waals surface area (Å²) >= 11 is 0. The number of methoxy groups -OCH3 is 2. The number of nitrogens with one attached hydrogen (secondary N) is 1. The van der Waals surface area contributed by atoms with E-state index < -0.39 is 0 Å². The van der Waals surface area contributed by atoms with Gasteiger partial charge in [0.05, 0.1) is 20.3 Å². The van der Waals surface area contributed by atoms with E-state index in [4.69, 9.17) is 9.47 Å². The van der Waals surface area contributed by atoms with Crippen molar-refractivity contribution < 1.29 is 9.47 Å². The molecule has 0 aliphatic carbocycles. The number of rotatable bonds is 5. The summed E-state index contributed by atoms with van der Waals surface area (Å²) in [4.78, 5) is 0. The predicted molar refractivity (Wildman–Crippen MR) is 94.8 cm³/mol. The van der Waals surface area contributed by atoms with E-state index in [1.165, 1.54) is 28.8 Å². The smallest absolute Gasteiger partial charge is 0.161 e. The Hall–Kier alpha value is -2.16. The Balaban J connectivity index is 1.84. The van der Waals surface area contributed by atoms with Crippen molar-refractivity contribution in [2.45, 2.75) is 38.6 Å². The lowest BCUT2D eigenvalue weighted by Gasteiger charge is -2.15. The van der Waals surface area contributed by atoms with Gasteiger partial charge in [-0.3, -0.25) is 0 Å². The minimum absolute atomic E-state index is 0.289. The van der Waals surface area contributed by atoms with Crippen molar-refractivity contribution in [3.8, 4) is 11.5 Å². The number of benzene rings is 2. The Labute approximate surface area is 138 Å². The van der Waals surface area contributed by atoms with E-state index in [2.05, 4.69) is 49.5 Å². The maximum atomic E-state index is 5.43. The Bertz CT molecular complexity index is 696. The van der Waals surface area contributed by atoms with E-state index in [0.29, 0.717) is 5.92 Å². The van der Waals surface area contributed by atoms with Crippen LogP contribution in [0.5, 0.6) is 11.5 Å². The van der Waals surface area contributed by atoms with E-state index >= 15 is 0 Å². The highest BCUT2D eigenvalue weighted by Gasteiger charge is 2.23. The van der Waals surface area contributed by atoms with Gasteiger partial charge in [-0.25, -0.2) is 0 Å². The highest BCUT2D eigenvalue weighted by Crippen LogP contribution is 2.38. The van der Waals surface area contributed by atoms with Crippen molar-refractivity contribution in [1.82, 2.24) is 0 Å². The van der Waals surface area contributed by atoms with Gasteiger partial charge in [0.15, 0.2) is 11.5 Å². The van der Waals surface area contributed by atoms with Gasteiger partial charge in [-0.1, -0.05) is 32.0 Å². The number of hydrogen-bond acceptors (Lipinski definition) is 3. The molecule has 0 saturated carbocycles. The summed E-state index contributed by atoms with van der Waals surface area (Å²) in [7, 11) is 3.34. The molecule has 0 bridgehead atoms. The molecule has 0 saturated heterocycles. The van der Waals surface area contributed by atoms with Gasteiger partial charge in [0.1, 0.15) is 0 Å². The second kappa shape index (κ2) is 6.53. The van der Waals surface area contributed by atoms with Crippen LogP contribution in [-0.2, 0) is 6.42 Å². The number of ether oxygens (including phenoxy) is 2. The van der Waals surface area contributed by atoms with E-state index in [9.17, 15) is 0 Å². The summed E-state index contributed by atoms with van der Waals surface area (Å²) in [6.07, 6.45) is 2.18. The number of hydrogen-bond donors (Lipinski definition) is 1. The second-order valence-corrected chi connectivity index (χ2v) is 6.24. The van der Waals surface area contributed by atoms with Crippen LogP contribution in [0.15, 0.2) is 36.4 Å². The minimum atomic E-state index is 0.289. The molecule has 23 heavy (non-hydrogen) atoms. The van der Waals surface area contributed by atoms with Crippen LogP contribution in [0.25, 0.3) is 0 Å². The van der Waals surface area contributed by atoms with Crippen molar-refractivity contribution in [2.75, 3.05) is 19.5 Å². The highest BCUT2D eigenvalue weighted by molar-refractivity contribution is 5.60. The van der Waals surface area contributed by atoms with E-state index in [-0.39, 0.29) is 6.04 Å². The monoisotopic (exact) mass is 311 g/mol. The lowest BCUT2D eigenvalue weighted by molar-refractivity contribution is 0.354. The molecule has 2 unspecified atom stereocenters. The van der Waals surface area contributed by atoms with Crippen LogP contribution in [-0.4, -0.2) is 14.2 Å². The maximum absolute atomic E-state index is 5.43. The summed E-state index contributed by atoms with van der Waals surface area (Å²) in [6.45, 7) is 4.53. The highest BCUT2D eigenvalue weighted by atomic mass is 16.5. The van der Waals surface area contributed by atoms with Crippen LogP contribution in [0.4, 0.5) is 5.69 Å². The molecule has 122 valence electrons. The maximum Gasteiger partial charge on any atom is 0.161 e. The molecule has 1 N–H and O–H groups in total. The first kappa shape index (κ1) is 15.7. The van der Waals surface area contributed by atoms with Crippen LogP contribution in [0.2, 0.25) is 0 Å². The van der Waals surface area contributed by atoms with Crippen LogP contribution >= 0.6 is 0 Å². The molecular weight excluding hydrogens is 286 g/mol. The number of fused-ring (bicyclic) bond motifs is 1. The minimum Gasteiger partial charge on any atom is -0.493 e. The first-order chi connectivity index (χ1) is 11.2. The molecule has 1 heterocycles. The van der Waals surface area contributed by atoms with Crippen molar-refractivity contribution in [3.05, 3.63) is 53.1 Å². The van der Waals surface area contributed by atoms with Gasteiger partial charge in [0.2, 0.25) is 0 Å². The standard InChI is InChI=1S/C20H25NO2/c1-5-13(2)14-6-8-17-16(10-14)11-18(21-17)15-7-9-19(22-3)20(12-15)23-4/h6-10,12-13,18,21H,5,11H2,1-4H3. The zero-order valence-corrected chi connectivity index (χ0v) is 14.3. The van der Waals surface area contributed by atoms with Gasteiger partial charge >= 0.3 is 0 Å². The van der Waals surface area contributed by atoms with Gasteiger partial charge in [0.25, 0.3) is 0 Å². The van der Waals surface area contributed by atoms with Crippen molar-refractivity contribution in [2.24, 2.45) is 0 Å². The third-order valence-corrected chi connectivity index (χ3v) is 4.87. The molecule has 2 aromatic rings. The van der Waals surface area contributed by atoms with Gasteiger partial charge < -0.3 is 14.8 Å². The normalized spacial score (nSPS) is 17.3. The van der Waals surface area contributed by atoms with Gasteiger partial charge in [0, 0.05) is 5.69 Å². The molecule has 0 amide bonds. The summed E-state index contributed by atoms with van der Waals surface area (Å²) < 4.78 is 10.8. The van der Waals surface area contributed by atoms with E-state index in [1.54, 1.807) is 14.2 Å². The second-order valence-electron chi connectivity index (χ2n) is 6.24. The van der Waals surface area contributed by atoms with Crippen LogP contribution < -0.4 is 14.8 Å². The van der Waals surface area contributed by atoms with Gasteiger partial charge in [-0.2, -0.15) is 0 Å². The van der Waals surface area contributed by atoms with E-state index in [1.807, 2.05) is 6.07 Å². The molecule has 3 rings (SSSR count). The first-order valence-electron chi connectivity index (χ1n) is 8.27. The molecular formula is C20H25NO2.